The summed E-state index contributed by atoms with van der Waals surface area (Å²) in [7, 11) is 1.52. The van der Waals surface area contributed by atoms with E-state index in [9.17, 15) is 9.90 Å². The molecule has 0 fully saturated rings. The third-order valence-electron chi connectivity index (χ3n) is 4.98. The maximum absolute atomic E-state index is 12.7. The molecule has 0 saturated carbocycles. The van der Waals surface area contributed by atoms with Crippen molar-refractivity contribution in [2.75, 3.05) is 7.11 Å². The number of aliphatic hydroxyl groups is 1. The first-order chi connectivity index (χ1) is 15.9. The number of esters is 1. The fourth-order valence-electron chi connectivity index (χ4n) is 3.43. The molecular formula is C23H24N6O4. The quantitative estimate of drug-likeness (QED) is 0.350. The standard InChI is InChI=1S/C23H24N6O4/c1-23(2,31)20-19(24-18(25-20)13-32-3)22(30)33-12-14-8-10-15(11-9-14)16-6-4-5-7-17(16)21-26-28-29-27-21/h4-11,31H,12-13H2,1-3H3,(H,24,25)(H,26,27,28,29). The molecule has 4 rings (SSSR count). The van der Waals surface area contributed by atoms with Crippen LogP contribution in [0.3, 0.4) is 0 Å². The van der Waals surface area contributed by atoms with Gasteiger partial charge in [0.25, 0.3) is 0 Å². The van der Waals surface area contributed by atoms with Gasteiger partial charge in [-0.15, -0.1) is 5.10 Å². The van der Waals surface area contributed by atoms with Crippen LogP contribution >= 0.6 is 0 Å². The molecular weight excluding hydrogens is 424 g/mol. The molecule has 4 aromatic rings. The average molecular weight is 448 g/mol. The molecule has 0 amide bonds. The number of carbonyl (C=O) groups excluding carboxylic acids is 1. The molecule has 0 atom stereocenters. The zero-order valence-electron chi connectivity index (χ0n) is 18.5. The number of H-pyrrole nitrogens is 2. The van der Waals surface area contributed by atoms with Gasteiger partial charge in [-0.05, 0) is 41.0 Å². The van der Waals surface area contributed by atoms with Gasteiger partial charge in [-0.1, -0.05) is 48.5 Å². The number of hydrogen-bond donors (Lipinski definition) is 3. The number of aromatic nitrogens is 6. The van der Waals surface area contributed by atoms with Crippen LogP contribution in [0, 0.1) is 0 Å². The lowest BCUT2D eigenvalue weighted by Gasteiger charge is -2.15. The normalized spacial score (nSPS) is 11.5. The van der Waals surface area contributed by atoms with Gasteiger partial charge in [0.05, 0.1) is 0 Å². The number of aromatic amines is 2. The number of nitrogens with one attached hydrogen (secondary N) is 2. The Morgan fingerprint density at radius 2 is 1.79 bits per heavy atom. The van der Waals surface area contributed by atoms with E-state index in [0.717, 1.165) is 22.3 Å². The molecule has 33 heavy (non-hydrogen) atoms. The first kappa shape index (κ1) is 22.3. The molecule has 2 aromatic carbocycles. The number of hydrogen-bond acceptors (Lipinski definition) is 8. The van der Waals surface area contributed by atoms with Crippen LogP contribution in [-0.4, -0.2) is 48.8 Å². The summed E-state index contributed by atoms with van der Waals surface area (Å²) in [5.41, 5.74) is 2.65. The van der Waals surface area contributed by atoms with Gasteiger partial charge < -0.3 is 19.6 Å². The van der Waals surface area contributed by atoms with E-state index in [1.165, 1.54) is 7.11 Å². The Kier molecular flexibility index (Phi) is 6.29. The highest BCUT2D eigenvalue weighted by Crippen LogP contribution is 2.30. The van der Waals surface area contributed by atoms with Crippen LogP contribution in [0.2, 0.25) is 0 Å². The SMILES string of the molecule is COCc1nc(C(C)(C)O)c(C(=O)OCc2ccc(-c3ccccc3-c3nnn[nH]3)cc2)[nH]1. The van der Waals surface area contributed by atoms with Crippen molar-refractivity contribution in [3.8, 4) is 22.5 Å². The largest absolute Gasteiger partial charge is 0.456 e. The van der Waals surface area contributed by atoms with Crippen molar-refractivity contribution >= 4 is 5.97 Å². The lowest BCUT2D eigenvalue weighted by atomic mass is 9.98. The second kappa shape index (κ2) is 9.31. The van der Waals surface area contributed by atoms with E-state index >= 15 is 0 Å². The predicted octanol–water partition coefficient (Wildman–Crippen LogP) is 2.99. The van der Waals surface area contributed by atoms with E-state index in [1.807, 2.05) is 48.5 Å². The molecule has 2 aromatic heterocycles. The summed E-state index contributed by atoms with van der Waals surface area (Å²) in [6.07, 6.45) is 0. The van der Waals surface area contributed by atoms with Crippen LogP contribution in [0.4, 0.5) is 0 Å². The second-order valence-corrected chi connectivity index (χ2v) is 7.97. The van der Waals surface area contributed by atoms with Crippen LogP contribution < -0.4 is 0 Å². The first-order valence-electron chi connectivity index (χ1n) is 10.3. The van der Waals surface area contributed by atoms with Crippen LogP contribution in [-0.2, 0) is 28.3 Å². The van der Waals surface area contributed by atoms with Crippen molar-refractivity contribution in [2.45, 2.75) is 32.7 Å². The van der Waals surface area contributed by atoms with Gasteiger partial charge in [-0.3, -0.25) is 0 Å². The molecule has 0 spiro atoms. The lowest BCUT2D eigenvalue weighted by molar-refractivity contribution is 0.0428. The summed E-state index contributed by atoms with van der Waals surface area (Å²) in [5.74, 6) is 0.416. The molecule has 2 heterocycles. The molecule has 0 unspecified atom stereocenters. The van der Waals surface area contributed by atoms with Crippen molar-refractivity contribution in [3.63, 3.8) is 0 Å². The minimum atomic E-state index is -1.31. The Bertz CT molecular complexity index is 1230. The monoisotopic (exact) mass is 448 g/mol. The number of rotatable bonds is 8. The van der Waals surface area contributed by atoms with Gasteiger partial charge in [-0.25, -0.2) is 14.9 Å². The summed E-state index contributed by atoms with van der Waals surface area (Å²) >= 11 is 0. The van der Waals surface area contributed by atoms with Gasteiger partial charge in [0, 0.05) is 12.7 Å². The van der Waals surface area contributed by atoms with Crippen molar-refractivity contribution in [3.05, 3.63) is 71.3 Å². The number of carbonyl (C=O) groups is 1. The molecule has 3 N–H and O–H groups in total. The van der Waals surface area contributed by atoms with Gasteiger partial charge in [0.15, 0.2) is 11.5 Å². The first-order valence-corrected chi connectivity index (χ1v) is 10.3. The third-order valence-corrected chi connectivity index (χ3v) is 4.98. The summed E-state index contributed by atoms with van der Waals surface area (Å²) in [6, 6.07) is 15.5. The minimum absolute atomic E-state index is 0.0662. The Labute approximate surface area is 190 Å². The van der Waals surface area contributed by atoms with E-state index in [2.05, 4.69) is 30.6 Å². The molecule has 170 valence electrons. The second-order valence-electron chi connectivity index (χ2n) is 7.97. The zero-order chi connectivity index (χ0) is 23.4. The van der Waals surface area contributed by atoms with Gasteiger partial charge in [-0.2, -0.15) is 0 Å². The van der Waals surface area contributed by atoms with E-state index in [1.54, 1.807) is 13.8 Å². The smallest absolute Gasteiger partial charge is 0.357 e. The highest BCUT2D eigenvalue weighted by Gasteiger charge is 2.29. The van der Waals surface area contributed by atoms with E-state index < -0.39 is 11.6 Å². The molecule has 0 bridgehead atoms. The third kappa shape index (κ3) is 4.97. The summed E-state index contributed by atoms with van der Waals surface area (Å²) in [5, 5.41) is 24.4. The molecule has 10 heteroatoms. The maximum atomic E-state index is 12.7. The summed E-state index contributed by atoms with van der Waals surface area (Å²) in [6.45, 7) is 3.37. The van der Waals surface area contributed by atoms with E-state index in [-0.39, 0.29) is 24.6 Å². The number of benzene rings is 2. The summed E-state index contributed by atoms with van der Waals surface area (Å²) < 4.78 is 10.5. The van der Waals surface area contributed by atoms with Crippen molar-refractivity contribution in [1.82, 2.24) is 30.6 Å². The Hall–Kier alpha value is -3.89. The highest BCUT2D eigenvalue weighted by atomic mass is 16.5. The number of ether oxygens (including phenoxy) is 2. The van der Waals surface area contributed by atoms with Gasteiger partial charge in [0.1, 0.15) is 30.3 Å². The van der Waals surface area contributed by atoms with E-state index in [4.69, 9.17) is 9.47 Å². The van der Waals surface area contributed by atoms with Gasteiger partial charge >= 0.3 is 5.97 Å². The van der Waals surface area contributed by atoms with Crippen molar-refractivity contribution < 1.29 is 19.4 Å². The Balaban J connectivity index is 1.49. The molecule has 0 radical (unpaired) electrons. The topological polar surface area (TPSA) is 139 Å². The highest BCUT2D eigenvalue weighted by molar-refractivity contribution is 5.89. The predicted molar refractivity (Wildman–Crippen MR) is 119 cm³/mol. The van der Waals surface area contributed by atoms with E-state index in [0.29, 0.717) is 11.6 Å². The lowest BCUT2D eigenvalue weighted by Crippen LogP contribution is -2.21. The maximum Gasteiger partial charge on any atom is 0.357 e. The molecule has 0 saturated heterocycles. The number of methoxy groups -OCH3 is 1. The fourth-order valence-corrected chi connectivity index (χ4v) is 3.43. The molecule has 0 aliphatic rings. The number of tetrazole rings is 1. The summed E-state index contributed by atoms with van der Waals surface area (Å²) in [4.78, 5) is 19.9. The Morgan fingerprint density at radius 3 is 2.42 bits per heavy atom. The number of imidazole rings is 1. The average Bonchev–Trinajstić information content (AvgIpc) is 3.48. The minimum Gasteiger partial charge on any atom is -0.456 e. The van der Waals surface area contributed by atoms with Crippen LogP contribution in [0.5, 0.6) is 0 Å². The molecule has 10 nitrogen and oxygen atoms in total. The zero-order valence-corrected chi connectivity index (χ0v) is 18.5. The van der Waals surface area contributed by atoms with Gasteiger partial charge in [0.2, 0.25) is 0 Å². The molecule has 0 aliphatic carbocycles. The van der Waals surface area contributed by atoms with Crippen molar-refractivity contribution in [1.29, 1.82) is 0 Å². The fraction of sp³-hybridized carbons (Fsp3) is 0.261. The van der Waals surface area contributed by atoms with Crippen molar-refractivity contribution in [2.24, 2.45) is 0 Å². The van der Waals surface area contributed by atoms with Crippen LogP contribution in [0.1, 0.15) is 41.4 Å². The van der Waals surface area contributed by atoms with Crippen LogP contribution in [0.25, 0.3) is 22.5 Å². The number of nitrogens with zero attached hydrogens (tertiary/aromatic N) is 4. The molecule has 0 aliphatic heterocycles. The Morgan fingerprint density at radius 1 is 1.06 bits per heavy atom. The van der Waals surface area contributed by atoms with Crippen LogP contribution in [0.15, 0.2) is 48.5 Å².